The lowest BCUT2D eigenvalue weighted by molar-refractivity contribution is -0.123. The number of nitrogens with one attached hydrogen (secondary N) is 1. The minimum Gasteiger partial charge on any atom is -0.490 e. The van der Waals surface area contributed by atoms with E-state index in [0.717, 1.165) is 39.7 Å². The van der Waals surface area contributed by atoms with Gasteiger partial charge in [0.2, 0.25) is 0 Å². The summed E-state index contributed by atoms with van der Waals surface area (Å²) in [7, 11) is 0. The van der Waals surface area contributed by atoms with Crippen molar-refractivity contribution in [2.24, 2.45) is 0 Å². The lowest BCUT2D eigenvalue weighted by Crippen LogP contribution is -2.27. The summed E-state index contributed by atoms with van der Waals surface area (Å²) in [6.07, 6.45) is 1.66. The summed E-state index contributed by atoms with van der Waals surface area (Å²) in [5.41, 5.74) is 5.40. The van der Waals surface area contributed by atoms with Crippen molar-refractivity contribution in [3.05, 3.63) is 91.8 Å². The topological polar surface area (TPSA) is 84.9 Å². The molecule has 0 aromatic heterocycles. The Morgan fingerprint density at radius 1 is 1.03 bits per heavy atom. The van der Waals surface area contributed by atoms with Gasteiger partial charge in [-0.3, -0.25) is 19.3 Å². The zero-order valence-electron chi connectivity index (χ0n) is 22.2. The molecule has 3 amide bonds. The predicted octanol–water partition coefficient (Wildman–Crippen LogP) is 7.03. The normalized spacial score (nSPS) is 14.2. The number of nitrogens with zero attached hydrogens (tertiary/aromatic N) is 1. The Bertz CT molecular complexity index is 1470. The molecule has 0 bridgehead atoms. The minimum atomic E-state index is -0.342. The number of ether oxygens (including phenoxy) is 2. The smallest absolute Gasteiger partial charge is 0.293 e. The minimum absolute atomic E-state index is 0.219. The van der Waals surface area contributed by atoms with E-state index in [1.807, 2.05) is 70.2 Å². The fourth-order valence-corrected chi connectivity index (χ4v) is 5.51. The van der Waals surface area contributed by atoms with Gasteiger partial charge in [-0.2, -0.15) is 0 Å². The van der Waals surface area contributed by atoms with Crippen LogP contribution in [0.25, 0.3) is 6.08 Å². The number of anilines is 1. The van der Waals surface area contributed by atoms with E-state index in [1.54, 1.807) is 18.2 Å². The lowest BCUT2D eigenvalue weighted by atomic mass is 10.1. The van der Waals surface area contributed by atoms with Crippen LogP contribution in [-0.4, -0.2) is 35.2 Å². The van der Waals surface area contributed by atoms with Gasteiger partial charge in [0, 0.05) is 5.69 Å². The van der Waals surface area contributed by atoms with Crippen molar-refractivity contribution in [1.82, 2.24) is 4.90 Å². The number of amides is 3. The standard InChI is InChI=1S/C30H29BrN2O5S/c1-5-37-25-14-21(15-26-29(35)33(30(36)39-26)16-22-9-7-6-8-19(22)3)13-23(31)28(25)38-17-27(34)32-24-11-10-18(2)12-20(24)4/h6-15H,5,16-17H2,1-4H3,(H,32,34)/b26-15-. The van der Waals surface area contributed by atoms with Gasteiger partial charge in [0.05, 0.1) is 22.5 Å². The molecule has 1 N–H and O–H groups in total. The van der Waals surface area contributed by atoms with Crippen LogP contribution in [0.15, 0.2) is 64.0 Å². The summed E-state index contributed by atoms with van der Waals surface area (Å²) < 4.78 is 12.2. The van der Waals surface area contributed by atoms with E-state index in [4.69, 9.17) is 9.47 Å². The summed E-state index contributed by atoms with van der Waals surface area (Å²) in [5, 5.41) is 2.55. The summed E-state index contributed by atoms with van der Waals surface area (Å²) in [5.74, 6) is 0.141. The zero-order chi connectivity index (χ0) is 28.1. The Kier molecular flexibility index (Phi) is 9.14. The van der Waals surface area contributed by atoms with Gasteiger partial charge in [0.1, 0.15) is 0 Å². The number of imide groups is 1. The van der Waals surface area contributed by atoms with Crippen LogP contribution in [0.1, 0.15) is 34.7 Å². The van der Waals surface area contributed by atoms with Crippen LogP contribution in [-0.2, 0) is 16.1 Å². The molecule has 4 rings (SSSR count). The monoisotopic (exact) mass is 608 g/mol. The average Bonchev–Trinajstić information content (AvgIpc) is 3.14. The maximum atomic E-state index is 13.1. The lowest BCUT2D eigenvalue weighted by Gasteiger charge is -2.15. The Morgan fingerprint density at radius 3 is 2.51 bits per heavy atom. The van der Waals surface area contributed by atoms with Gasteiger partial charge < -0.3 is 14.8 Å². The number of carbonyl (C=O) groups is 3. The Morgan fingerprint density at radius 2 is 1.79 bits per heavy atom. The fraction of sp³-hybridized carbons (Fsp3) is 0.233. The van der Waals surface area contributed by atoms with Crippen LogP contribution in [0.4, 0.5) is 10.5 Å². The number of carbonyl (C=O) groups excluding carboxylic acids is 3. The van der Waals surface area contributed by atoms with Crippen molar-refractivity contribution in [2.75, 3.05) is 18.5 Å². The molecule has 0 saturated carbocycles. The Labute approximate surface area is 240 Å². The average molecular weight is 610 g/mol. The highest BCUT2D eigenvalue weighted by molar-refractivity contribution is 9.10. The number of hydrogen-bond acceptors (Lipinski definition) is 6. The van der Waals surface area contributed by atoms with Gasteiger partial charge in [0.25, 0.3) is 17.1 Å². The number of thioether (sulfide) groups is 1. The maximum Gasteiger partial charge on any atom is 0.293 e. The molecule has 0 radical (unpaired) electrons. The van der Waals surface area contributed by atoms with Crippen LogP contribution < -0.4 is 14.8 Å². The molecule has 39 heavy (non-hydrogen) atoms. The van der Waals surface area contributed by atoms with Gasteiger partial charge in [-0.25, -0.2) is 0 Å². The van der Waals surface area contributed by atoms with Gasteiger partial charge in [-0.1, -0.05) is 42.0 Å². The van der Waals surface area contributed by atoms with Crippen LogP contribution in [0.2, 0.25) is 0 Å². The second kappa shape index (κ2) is 12.5. The number of rotatable bonds is 9. The molecule has 1 aliphatic heterocycles. The number of aryl methyl sites for hydroxylation is 3. The summed E-state index contributed by atoms with van der Waals surface area (Å²) in [6.45, 7) is 8.09. The molecule has 3 aromatic rings. The highest BCUT2D eigenvalue weighted by Crippen LogP contribution is 2.39. The molecule has 0 atom stereocenters. The molecule has 1 fully saturated rings. The molecular weight excluding hydrogens is 580 g/mol. The van der Waals surface area contributed by atoms with Crippen LogP contribution in [0.3, 0.4) is 0 Å². The molecule has 0 spiro atoms. The first kappa shape index (κ1) is 28.4. The van der Waals surface area contributed by atoms with Gasteiger partial charge >= 0.3 is 0 Å². The molecule has 1 saturated heterocycles. The predicted molar refractivity (Wildman–Crippen MR) is 158 cm³/mol. The first-order valence-corrected chi connectivity index (χ1v) is 14.0. The molecule has 202 valence electrons. The van der Waals surface area contributed by atoms with Crippen molar-refractivity contribution >= 4 is 56.5 Å². The third-order valence-electron chi connectivity index (χ3n) is 6.10. The van der Waals surface area contributed by atoms with Gasteiger partial charge in [0.15, 0.2) is 18.1 Å². The molecule has 1 heterocycles. The maximum absolute atomic E-state index is 13.1. The first-order chi connectivity index (χ1) is 18.7. The molecule has 9 heteroatoms. The highest BCUT2D eigenvalue weighted by Gasteiger charge is 2.35. The third-order valence-corrected chi connectivity index (χ3v) is 7.59. The zero-order valence-corrected chi connectivity index (χ0v) is 24.6. The van der Waals surface area contributed by atoms with Crippen molar-refractivity contribution in [2.45, 2.75) is 34.2 Å². The second-order valence-corrected chi connectivity index (χ2v) is 11.0. The van der Waals surface area contributed by atoms with Gasteiger partial charge in [-0.15, -0.1) is 0 Å². The molecule has 0 aliphatic carbocycles. The van der Waals surface area contributed by atoms with Crippen molar-refractivity contribution in [1.29, 1.82) is 0 Å². The van der Waals surface area contributed by atoms with Crippen molar-refractivity contribution in [3.63, 3.8) is 0 Å². The van der Waals surface area contributed by atoms with E-state index in [1.165, 1.54) is 4.90 Å². The van der Waals surface area contributed by atoms with Gasteiger partial charge in [-0.05, 0) is 102 Å². The summed E-state index contributed by atoms with van der Waals surface area (Å²) in [4.78, 5) is 39.9. The van der Waals surface area contributed by atoms with E-state index in [9.17, 15) is 14.4 Å². The van der Waals surface area contributed by atoms with Crippen LogP contribution in [0, 0.1) is 20.8 Å². The van der Waals surface area contributed by atoms with E-state index >= 15 is 0 Å². The van der Waals surface area contributed by atoms with Crippen molar-refractivity contribution < 1.29 is 23.9 Å². The molecular formula is C30H29BrN2O5S. The quantitative estimate of drug-likeness (QED) is 0.263. The fourth-order valence-electron chi connectivity index (χ4n) is 4.10. The summed E-state index contributed by atoms with van der Waals surface area (Å²) in [6, 6.07) is 17.0. The van der Waals surface area contributed by atoms with E-state index in [2.05, 4.69) is 21.2 Å². The highest BCUT2D eigenvalue weighted by atomic mass is 79.9. The van der Waals surface area contributed by atoms with Crippen LogP contribution >= 0.6 is 27.7 Å². The first-order valence-electron chi connectivity index (χ1n) is 12.4. The molecule has 1 aliphatic rings. The Hall–Kier alpha value is -3.56. The number of hydrogen-bond donors (Lipinski definition) is 1. The largest absolute Gasteiger partial charge is 0.490 e. The van der Waals surface area contributed by atoms with Crippen LogP contribution in [0.5, 0.6) is 11.5 Å². The summed E-state index contributed by atoms with van der Waals surface area (Å²) >= 11 is 4.42. The SMILES string of the molecule is CCOc1cc(/C=C2\SC(=O)N(Cc3ccccc3C)C2=O)cc(Br)c1OCC(=O)Nc1ccc(C)cc1C. The van der Waals surface area contributed by atoms with E-state index < -0.39 is 0 Å². The third kappa shape index (κ3) is 6.91. The number of halogens is 1. The Balaban J connectivity index is 1.50. The second-order valence-electron chi connectivity index (χ2n) is 9.11. The molecule has 7 nitrogen and oxygen atoms in total. The van der Waals surface area contributed by atoms with Crippen molar-refractivity contribution in [3.8, 4) is 11.5 Å². The molecule has 0 unspecified atom stereocenters. The van der Waals surface area contributed by atoms with E-state index in [0.29, 0.717) is 33.0 Å². The van der Waals surface area contributed by atoms with E-state index in [-0.39, 0.29) is 30.2 Å². The molecule has 3 aromatic carbocycles. The number of benzene rings is 3.